The van der Waals surface area contributed by atoms with Crippen molar-refractivity contribution in [3.05, 3.63) is 50.7 Å². The molecule has 0 saturated carbocycles. The lowest BCUT2D eigenvalue weighted by atomic mass is 10.1. The number of amides is 2. The van der Waals surface area contributed by atoms with Crippen LogP contribution in [0.25, 0.3) is 0 Å². The lowest BCUT2D eigenvalue weighted by Crippen LogP contribution is -2.41. The molecular weight excluding hydrogens is 398 g/mol. The van der Waals surface area contributed by atoms with Crippen molar-refractivity contribution in [3.63, 3.8) is 0 Å². The molecule has 0 unspecified atom stereocenters. The first-order chi connectivity index (χ1) is 14.8. The number of H-pyrrole nitrogens is 1. The number of hydrogen-bond donors (Lipinski definition) is 3. The van der Waals surface area contributed by atoms with Crippen molar-refractivity contribution in [1.29, 1.82) is 0 Å². The van der Waals surface area contributed by atoms with Crippen LogP contribution in [-0.2, 0) is 11.3 Å². The molecule has 0 aliphatic heterocycles. The van der Waals surface area contributed by atoms with E-state index in [0.29, 0.717) is 37.2 Å². The molecule has 1 heterocycles. The van der Waals surface area contributed by atoms with Gasteiger partial charge in [-0.05, 0) is 37.1 Å². The van der Waals surface area contributed by atoms with Crippen LogP contribution in [0.4, 0.5) is 17.2 Å². The molecule has 0 bridgehead atoms. The molecule has 4 N–H and O–H groups in total. The highest BCUT2D eigenvalue weighted by molar-refractivity contribution is 6.07. The molecule has 0 atom stereocenters. The van der Waals surface area contributed by atoms with Gasteiger partial charge < -0.3 is 16.0 Å². The highest BCUT2D eigenvalue weighted by Gasteiger charge is 2.25. The Balaban J connectivity index is 2.49. The summed E-state index contributed by atoms with van der Waals surface area (Å²) in [7, 11) is 0. The van der Waals surface area contributed by atoms with Gasteiger partial charge in [0.05, 0.1) is 0 Å². The first-order valence-electron chi connectivity index (χ1n) is 10.6. The van der Waals surface area contributed by atoms with Crippen molar-refractivity contribution in [2.75, 3.05) is 22.5 Å². The van der Waals surface area contributed by atoms with Crippen LogP contribution in [0.3, 0.4) is 0 Å². The minimum absolute atomic E-state index is 0.0113. The predicted octanol–water partition coefficient (Wildman–Crippen LogP) is 2.71. The van der Waals surface area contributed by atoms with Crippen LogP contribution in [-0.4, -0.2) is 27.9 Å². The molecule has 1 aromatic carbocycles. The van der Waals surface area contributed by atoms with Crippen molar-refractivity contribution in [1.82, 2.24) is 9.55 Å². The molecule has 0 aliphatic rings. The Morgan fingerprint density at radius 2 is 1.71 bits per heavy atom. The number of benzene rings is 1. The number of carbonyl (C=O) groups excluding carboxylic acids is 2. The summed E-state index contributed by atoms with van der Waals surface area (Å²) < 4.78 is 1.31. The molecule has 9 nitrogen and oxygen atoms in total. The van der Waals surface area contributed by atoms with Gasteiger partial charge in [-0.1, -0.05) is 33.1 Å². The number of nitrogens with two attached hydrogens (primary N) is 1. The molecule has 0 radical (unpaired) electrons. The monoisotopic (exact) mass is 429 g/mol. The van der Waals surface area contributed by atoms with Gasteiger partial charge in [-0.2, -0.15) is 0 Å². The smallest absolute Gasteiger partial charge is 0.330 e. The summed E-state index contributed by atoms with van der Waals surface area (Å²) in [5.74, 6) is -0.626. The number of aromatic nitrogens is 2. The van der Waals surface area contributed by atoms with E-state index in [-0.39, 0.29) is 17.4 Å². The van der Waals surface area contributed by atoms with Crippen LogP contribution >= 0.6 is 0 Å². The van der Waals surface area contributed by atoms with Crippen molar-refractivity contribution >= 4 is 29.0 Å². The summed E-state index contributed by atoms with van der Waals surface area (Å²) in [4.78, 5) is 53.1. The maximum atomic E-state index is 13.3. The molecule has 0 saturated heterocycles. The molecule has 1 aromatic heterocycles. The summed E-state index contributed by atoms with van der Waals surface area (Å²) in [6.07, 6.45) is 4.05. The largest absolute Gasteiger partial charge is 0.383 e. The first-order valence-corrected chi connectivity index (χ1v) is 10.6. The molecule has 31 heavy (non-hydrogen) atoms. The number of carbonyl (C=O) groups is 2. The second-order valence-electron chi connectivity index (χ2n) is 7.42. The second kappa shape index (κ2) is 11.1. The van der Waals surface area contributed by atoms with Crippen molar-refractivity contribution in [2.45, 2.75) is 59.4 Å². The standard InChI is InChI=1S/C22H31N5O4/c1-4-6-8-14-26(21(30)16-9-11-17(12-10-16)24-15(3)28)18-19(23)27(13-7-5-2)22(31)25-20(18)29/h9-12H,4-8,13-14,23H2,1-3H3,(H,24,28)(H,25,29,31). The van der Waals surface area contributed by atoms with E-state index in [1.54, 1.807) is 24.3 Å². The van der Waals surface area contributed by atoms with Gasteiger partial charge in [-0.15, -0.1) is 0 Å². The van der Waals surface area contributed by atoms with Crippen molar-refractivity contribution in [3.8, 4) is 0 Å². The van der Waals surface area contributed by atoms with Gasteiger partial charge in [0, 0.05) is 31.3 Å². The number of anilines is 3. The Labute approximate surface area is 181 Å². The van der Waals surface area contributed by atoms with E-state index in [2.05, 4.69) is 10.3 Å². The van der Waals surface area contributed by atoms with Crippen LogP contribution in [0.15, 0.2) is 33.9 Å². The van der Waals surface area contributed by atoms with Crippen LogP contribution in [0.1, 0.15) is 63.2 Å². The summed E-state index contributed by atoms with van der Waals surface area (Å²) in [5.41, 5.74) is 5.85. The third kappa shape index (κ3) is 6.07. The van der Waals surface area contributed by atoms with E-state index in [4.69, 9.17) is 5.73 Å². The third-order valence-corrected chi connectivity index (χ3v) is 4.90. The van der Waals surface area contributed by atoms with Gasteiger partial charge in [0.25, 0.3) is 11.5 Å². The van der Waals surface area contributed by atoms with Gasteiger partial charge in [0.2, 0.25) is 5.91 Å². The van der Waals surface area contributed by atoms with Crippen molar-refractivity contribution < 1.29 is 9.59 Å². The summed E-state index contributed by atoms with van der Waals surface area (Å²) in [6.45, 7) is 6.07. The Kier molecular flexibility index (Phi) is 8.60. The lowest BCUT2D eigenvalue weighted by molar-refractivity contribution is -0.114. The van der Waals surface area contributed by atoms with E-state index in [9.17, 15) is 19.2 Å². The first kappa shape index (κ1) is 23.9. The average molecular weight is 430 g/mol. The molecule has 9 heteroatoms. The lowest BCUT2D eigenvalue weighted by Gasteiger charge is -2.25. The molecule has 0 spiro atoms. The van der Waals surface area contributed by atoms with Crippen LogP contribution < -0.4 is 27.2 Å². The molecule has 0 aliphatic carbocycles. The third-order valence-electron chi connectivity index (χ3n) is 4.90. The highest BCUT2D eigenvalue weighted by Crippen LogP contribution is 2.21. The normalized spacial score (nSPS) is 10.7. The fourth-order valence-electron chi connectivity index (χ4n) is 3.27. The maximum Gasteiger partial charge on any atom is 0.330 e. The average Bonchev–Trinajstić information content (AvgIpc) is 2.72. The topological polar surface area (TPSA) is 130 Å². The number of unbranched alkanes of at least 4 members (excludes halogenated alkanes) is 3. The fourth-order valence-corrected chi connectivity index (χ4v) is 3.27. The number of nitrogen functional groups attached to an aromatic ring is 1. The molecule has 2 amide bonds. The zero-order valence-electron chi connectivity index (χ0n) is 18.4. The molecule has 2 aromatic rings. The predicted molar refractivity (Wildman–Crippen MR) is 123 cm³/mol. The molecular formula is C22H31N5O4. The van der Waals surface area contributed by atoms with Gasteiger partial charge in [-0.25, -0.2) is 4.79 Å². The summed E-state index contributed by atoms with van der Waals surface area (Å²) in [5, 5.41) is 2.65. The SMILES string of the molecule is CCCCCN(C(=O)c1ccc(NC(C)=O)cc1)c1c(N)n(CCCC)c(=O)[nH]c1=O. The minimum Gasteiger partial charge on any atom is -0.383 e. The van der Waals surface area contributed by atoms with Crippen molar-refractivity contribution in [2.24, 2.45) is 0 Å². The Morgan fingerprint density at radius 1 is 1.06 bits per heavy atom. The Morgan fingerprint density at radius 3 is 2.29 bits per heavy atom. The Hall–Kier alpha value is -3.36. The van der Waals surface area contributed by atoms with Crippen LogP contribution in [0, 0.1) is 0 Å². The minimum atomic E-state index is -0.685. The fraction of sp³-hybridized carbons (Fsp3) is 0.455. The number of rotatable bonds is 10. The van der Waals surface area contributed by atoms with Gasteiger partial charge >= 0.3 is 5.69 Å². The zero-order valence-corrected chi connectivity index (χ0v) is 18.4. The quantitative estimate of drug-likeness (QED) is 0.500. The number of aromatic amines is 1. The van der Waals surface area contributed by atoms with E-state index in [1.165, 1.54) is 16.4 Å². The highest BCUT2D eigenvalue weighted by atomic mass is 16.2. The molecule has 168 valence electrons. The number of hydrogen-bond acceptors (Lipinski definition) is 5. The maximum absolute atomic E-state index is 13.3. The van der Waals surface area contributed by atoms with E-state index in [0.717, 1.165) is 19.3 Å². The number of nitrogens with one attached hydrogen (secondary N) is 2. The van der Waals surface area contributed by atoms with Crippen LogP contribution in [0.2, 0.25) is 0 Å². The Bertz CT molecular complexity index is 1020. The van der Waals surface area contributed by atoms with Gasteiger partial charge in [-0.3, -0.25) is 23.9 Å². The van der Waals surface area contributed by atoms with E-state index >= 15 is 0 Å². The van der Waals surface area contributed by atoms with Crippen LogP contribution in [0.5, 0.6) is 0 Å². The molecule has 2 rings (SSSR count). The number of nitrogens with zero attached hydrogens (tertiary/aromatic N) is 2. The van der Waals surface area contributed by atoms with E-state index in [1.807, 2.05) is 13.8 Å². The van der Waals surface area contributed by atoms with Gasteiger partial charge in [0.15, 0.2) is 5.69 Å². The summed E-state index contributed by atoms with van der Waals surface area (Å²) in [6, 6.07) is 6.40. The van der Waals surface area contributed by atoms with Gasteiger partial charge in [0.1, 0.15) is 5.82 Å². The molecule has 0 fully saturated rings. The summed E-state index contributed by atoms with van der Waals surface area (Å²) >= 11 is 0. The van der Waals surface area contributed by atoms with E-state index < -0.39 is 17.2 Å². The zero-order chi connectivity index (χ0) is 23.0. The second-order valence-corrected chi connectivity index (χ2v) is 7.42.